The number of nitrogens with one attached hydrogen (secondary N) is 1. The smallest absolute Gasteiger partial charge is 0.406 e. The van der Waals surface area contributed by atoms with E-state index in [1.54, 1.807) is 0 Å². The standard InChI is InChI=1S/C14H11ClF5N3O2/c1-7-11(15)12(13(16)17)22-23(7)6-10(24)21-8-2-4-9(5-3-8)25-14(18,19)20/h2-5,13H,6H2,1H3,(H,21,24). The van der Waals surface area contributed by atoms with Gasteiger partial charge in [-0.2, -0.15) is 5.10 Å². The molecule has 2 aromatic rings. The second kappa shape index (κ2) is 7.26. The summed E-state index contributed by atoms with van der Waals surface area (Å²) in [6.07, 6.45) is -7.69. The number of carbonyl (C=O) groups is 1. The molecule has 136 valence electrons. The molecule has 11 heteroatoms. The molecule has 2 rings (SSSR count). The van der Waals surface area contributed by atoms with Crippen LogP contribution in [0.3, 0.4) is 0 Å². The summed E-state index contributed by atoms with van der Waals surface area (Å²) in [5.74, 6) is -1.06. The van der Waals surface area contributed by atoms with Gasteiger partial charge in [-0.3, -0.25) is 9.48 Å². The molecule has 1 heterocycles. The van der Waals surface area contributed by atoms with Gasteiger partial charge in [-0.15, -0.1) is 13.2 Å². The zero-order valence-corrected chi connectivity index (χ0v) is 13.3. The van der Waals surface area contributed by atoms with Gasteiger partial charge in [-0.05, 0) is 31.2 Å². The number of nitrogens with zero attached hydrogens (tertiary/aromatic N) is 2. The number of aromatic nitrogens is 2. The first-order valence-corrected chi connectivity index (χ1v) is 7.11. The van der Waals surface area contributed by atoms with Gasteiger partial charge in [0.2, 0.25) is 5.91 Å². The Morgan fingerprint density at radius 1 is 1.32 bits per heavy atom. The molecule has 1 amide bonds. The maximum Gasteiger partial charge on any atom is 0.573 e. The Morgan fingerprint density at radius 3 is 2.40 bits per heavy atom. The molecule has 1 N–H and O–H groups in total. The molecule has 0 aliphatic rings. The molecule has 0 radical (unpaired) electrons. The van der Waals surface area contributed by atoms with Crippen LogP contribution >= 0.6 is 11.6 Å². The predicted octanol–water partition coefficient (Wildman–Crippen LogP) is 4.32. The minimum Gasteiger partial charge on any atom is -0.406 e. The lowest BCUT2D eigenvalue weighted by Gasteiger charge is -2.10. The Kier molecular flexibility index (Phi) is 5.51. The van der Waals surface area contributed by atoms with Crippen LogP contribution in [0.25, 0.3) is 0 Å². The van der Waals surface area contributed by atoms with Gasteiger partial charge in [-0.1, -0.05) is 11.6 Å². The Bertz CT molecular complexity index is 759. The van der Waals surface area contributed by atoms with Crippen molar-refractivity contribution in [2.45, 2.75) is 26.3 Å². The number of benzene rings is 1. The van der Waals surface area contributed by atoms with E-state index in [4.69, 9.17) is 11.6 Å². The van der Waals surface area contributed by atoms with Crippen LogP contribution in [0.5, 0.6) is 5.75 Å². The third-order valence-corrected chi connectivity index (χ3v) is 3.50. The van der Waals surface area contributed by atoms with Crippen LogP contribution in [-0.2, 0) is 11.3 Å². The molecule has 25 heavy (non-hydrogen) atoms. The normalized spacial score (nSPS) is 11.7. The average molecular weight is 384 g/mol. The summed E-state index contributed by atoms with van der Waals surface area (Å²) in [5, 5.41) is 5.75. The molecule has 0 fully saturated rings. The minimum absolute atomic E-state index is 0.195. The molecule has 0 unspecified atom stereocenters. The van der Waals surface area contributed by atoms with Gasteiger partial charge in [0, 0.05) is 5.69 Å². The van der Waals surface area contributed by atoms with Gasteiger partial charge >= 0.3 is 6.36 Å². The topological polar surface area (TPSA) is 56.2 Å². The Balaban J connectivity index is 2.02. The van der Waals surface area contributed by atoms with E-state index in [1.807, 2.05) is 0 Å². The van der Waals surface area contributed by atoms with Gasteiger partial charge in [0.25, 0.3) is 6.43 Å². The number of hydrogen-bond donors (Lipinski definition) is 1. The zero-order chi connectivity index (χ0) is 18.8. The lowest BCUT2D eigenvalue weighted by molar-refractivity contribution is -0.274. The number of anilines is 1. The van der Waals surface area contributed by atoms with Crippen molar-refractivity contribution in [1.29, 1.82) is 0 Å². The van der Waals surface area contributed by atoms with E-state index in [1.165, 1.54) is 19.1 Å². The average Bonchev–Trinajstić information content (AvgIpc) is 2.76. The first-order valence-electron chi connectivity index (χ1n) is 6.73. The number of alkyl halides is 5. The quantitative estimate of drug-likeness (QED) is 0.782. The van der Waals surface area contributed by atoms with E-state index < -0.39 is 30.1 Å². The molecule has 0 saturated carbocycles. The fraction of sp³-hybridized carbons (Fsp3) is 0.286. The van der Waals surface area contributed by atoms with E-state index in [-0.39, 0.29) is 22.9 Å². The van der Waals surface area contributed by atoms with Crippen LogP contribution in [0.15, 0.2) is 24.3 Å². The third-order valence-electron chi connectivity index (χ3n) is 3.03. The second-order valence-corrected chi connectivity index (χ2v) is 5.24. The van der Waals surface area contributed by atoms with Gasteiger partial charge in [0.1, 0.15) is 18.0 Å². The SMILES string of the molecule is Cc1c(Cl)c(C(F)F)nn1CC(=O)Nc1ccc(OC(F)(F)F)cc1. The van der Waals surface area contributed by atoms with Gasteiger partial charge in [0.05, 0.1) is 10.7 Å². The van der Waals surface area contributed by atoms with Crippen LogP contribution in [0.2, 0.25) is 5.02 Å². The summed E-state index contributed by atoms with van der Waals surface area (Å²) in [7, 11) is 0. The second-order valence-electron chi connectivity index (χ2n) is 4.86. The monoisotopic (exact) mass is 383 g/mol. The predicted molar refractivity (Wildman–Crippen MR) is 78.7 cm³/mol. The molecule has 0 bridgehead atoms. The van der Waals surface area contributed by atoms with E-state index in [0.717, 1.165) is 16.8 Å². The summed E-state index contributed by atoms with van der Waals surface area (Å²) >= 11 is 5.72. The molecule has 5 nitrogen and oxygen atoms in total. The number of hydrogen-bond acceptors (Lipinski definition) is 3. The van der Waals surface area contributed by atoms with Crippen molar-refractivity contribution >= 4 is 23.2 Å². The summed E-state index contributed by atoms with van der Waals surface area (Å²) in [6.45, 7) is 1.04. The highest BCUT2D eigenvalue weighted by Crippen LogP contribution is 2.28. The van der Waals surface area contributed by atoms with E-state index >= 15 is 0 Å². The van der Waals surface area contributed by atoms with Crippen molar-refractivity contribution < 1.29 is 31.5 Å². The van der Waals surface area contributed by atoms with Crippen molar-refractivity contribution in [3.05, 3.63) is 40.7 Å². The molecule has 0 spiro atoms. The van der Waals surface area contributed by atoms with E-state index in [2.05, 4.69) is 15.2 Å². The zero-order valence-electron chi connectivity index (χ0n) is 12.6. The molecular formula is C14H11ClF5N3O2. The number of amides is 1. The highest BCUT2D eigenvalue weighted by Gasteiger charge is 2.31. The van der Waals surface area contributed by atoms with Crippen molar-refractivity contribution in [2.24, 2.45) is 0 Å². The molecule has 1 aromatic heterocycles. The van der Waals surface area contributed by atoms with Crippen molar-refractivity contribution in [3.8, 4) is 5.75 Å². The van der Waals surface area contributed by atoms with Crippen LogP contribution in [0, 0.1) is 6.92 Å². The first kappa shape index (κ1) is 19.0. The van der Waals surface area contributed by atoms with Crippen LogP contribution < -0.4 is 10.1 Å². The molecule has 0 saturated heterocycles. The maximum atomic E-state index is 12.7. The highest BCUT2D eigenvalue weighted by molar-refractivity contribution is 6.31. The van der Waals surface area contributed by atoms with Crippen molar-refractivity contribution in [1.82, 2.24) is 9.78 Å². The largest absolute Gasteiger partial charge is 0.573 e. The Labute approximate surface area is 143 Å². The van der Waals surface area contributed by atoms with Crippen molar-refractivity contribution in [2.75, 3.05) is 5.32 Å². The van der Waals surface area contributed by atoms with Crippen molar-refractivity contribution in [3.63, 3.8) is 0 Å². The Morgan fingerprint density at radius 2 is 1.92 bits per heavy atom. The summed E-state index contributed by atoms with van der Waals surface area (Å²) in [5.41, 5.74) is -0.230. The molecular weight excluding hydrogens is 373 g/mol. The number of halogens is 6. The lowest BCUT2D eigenvalue weighted by atomic mass is 10.3. The van der Waals surface area contributed by atoms with Gasteiger partial charge < -0.3 is 10.1 Å². The fourth-order valence-electron chi connectivity index (χ4n) is 1.92. The summed E-state index contributed by atoms with van der Waals surface area (Å²) in [6, 6.07) is 4.45. The summed E-state index contributed by atoms with van der Waals surface area (Å²) < 4.78 is 66.3. The van der Waals surface area contributed by atoms with Crippen LogP contribution in [0.4, 0.5) is 27.6 Å². The number of ether oxygens (including phenoxy) is 1. The van der Waals surface area contributed by atoms with Crippen LogP contribution in [0.1, 0.15) is 17.8 Å². The van der Waals surface area contributed by atoms with Gasteiger partial charge in [-0.25, -0.2) is 8.78 Å². The Hall–Kier alpha value is -2.36. The molecule has 0 aliphatic carbocycles. The lowest BCUT2D eigenvalue weighted by Crippen LogP contribution is -2.20. The molecule has 1 aromatic carbocycles. The third kappa shape index (κ3) is 5.05. The van der Waals surface area contributed by atoms with E-state index in [9.17, 15) is 26.7 Å². The summed E-state index contributed by atoms with van der Waals surface area (Å²) in [4.78, 5) is 11.9. The highest BCUT2D eigenvalue weighted by atomic mass is 35.5. The van der Waals surface area contributed by atoms with Crippen LogP contribution in [-0.4, -0.2) is 22.1 Å². The number of rotatable bonds is 5. The molecule has 0 aliphatic heterocycles. The first-order chi connectivity index (χ1) is 11.6. The minimum atomic E-state index is -4.82. The maximum absolute atomic E-state index is 12.7. The molecule has 0 atom stereocenters. The number of carbonyl (C=O) groups excluding carboxylic acids is 1. The van der Waals surface area contributed by atoms with E-state index in [0.29, 0.717) is 0 Å². The fourth-order valence-corrected chi connectivity index (χ4v) is 2.14. The van der Waals surface area contributed by atoms with Gasteiger partial charge in [0.15, 0.2) is 0 Å².